The molecule has 1 saturated carbocycles. The Morgan fingerprint density at radius 2 is 2.14 bits per heavy atom. The lowest BCUT2D eigenvalue weighted by Gasteiger charge is -2.16. The highest BCUT2D eigenvalue weighted by Gasteiger charge is 2.41. The molecule has 0 atom stereocenters. The molecule has 2 N–H and O–H groups in total. The number of rotatable bonds is 6. The van der Waals surface area contributed by atoms with Crippen molar-refractivity contribution in [1.29, 1.82) is 0 Å². The quantitative estimate of drug-likeness (QED) is 0.630. The summed E-state index contributed by atoms with van der Waals surface area (Å²) in [7, 11) is 0. The summed E-state index contributed by atoms with van der Waals surface area (Å²) in [6.45, 7) is 0.972. The first-order chi connectivity index (χ1) is 10.2. The second kappa shape index (κ2) is 5.29. The number of nitrogens with one attached hydrogen (secondary N) is 1. The van der Waals surface area contributed by atoms with Crippen molar-refractivity contribution in [3.05, 3.63) is 40.7 Å². The zero-order chi connectivity index (χ0) is 14.9. The van der Waals surface area contributed by atoms with E-state index in [0.29, 0.717) is 5.39 Å². The lowest BCUT2D eigenvalue weighted by molar-refractivity contribution is -0.383. The third-order valence-electron chi connectivity index (χ3n) is 4.24. The molecule has 0 amide bonds. The number of anilines is 1. The van der Waals surface area contributed by atoms with Crippen molar-refractivity contribution in [3.8, 4) is 0 Å². The fourth-order valence-electron chi connectivity index (χ4n) is 2.70. The highest BCUT2D eigenvalue weighted by Crippen LogP contribution is 2.48. The molecule has 21 heavy (non-hydrogen) atoms. The van der Waals surface area contributed by atoms with E-state index < -0.39 is 0 Å². The Labute approximate surface area is 122 Å². The number of nitrogens with zero attached hydrogens (tertiary/aromatic N) is 2. The van der Waals surface area contributed by atoms with Gasteiger partial charge in [-0.1, -0.05) is 0 Å². The number of benzene rings is 1. The van der Waals surface area contributed by atoms with Gasteiger partial charge in [-0.05, 0) is 36.8 Å². The van der Waals surface area contributed by atoms with Crippen LogP contribution in [0.4, 0.5) is 11.4 Å². The standard InChI is InChI=1S/C15H17N3O3/c19-8-6-15(4-5-15)10-17-13-1-2-14(18(20)21)11-3-7-16-9-12(11)13/h1-3,7,9,17,19H,4-6,8,10H2. The van der Waals surface area contributed by atoms with Crippen LogP contribution in [0, 0.1) is 15.5 Å². The molecule has 0 unspecified atom stereocenters. The van der Waals surface area contributed by atoms with Gasteiger partial charge in [0.05, 0.1) is 10.3 Å². The number of nitro groups is 1. The van der Waals surface area contributed by atoms with Gasteiger partial charge in [-0.3, -0.25) is 15.1 Å². The van der Waals surface area contributed by atoms with Crippen LogP contribution < -0.4 is 5.32 Å². The van der Waals surface area contributed by atoms with E-state index in [4.69, 9.17) is 5.11 Å². The largest absolute Gasteiger partial charge is 0.396 e. The van der Waals surface area contributed by atoms with Gasteiger partial charge in [0.15, 0.2) is 0 Å². The Balaban J connectivity index is 1.89. The molecule has 1 heterocycles. The maximum Gasteiger partial charge on any atom is 0.277 e. The molecule has 1 aliphatic carbocycles. The number of hydrogen-bond donors (Lipinski definition) is 2. The van der Waals surface area contributed by atoms with Crippen LogP contribution in [0.1, 0.15) is 19.3 Å². The lowest BCUT2D eigenvalue weighted by atomic mass is 10.0. The SMILES string of the molecule is O=[N+]([O-])c1ccc(NCC2(CCO)CC2)c2cnccc12. The molecule has 1 fully saturated rings. The van der Waals surface area contributed by atoms with E-state index in [0.717, 1.165) is 36.9 Å². The Morgan fingerprint density at radius 1 is 1.33 bits per heavy atom. The minimum absolute atomic E-state index is 0.0921. The predicted molar refractivity (Wildman–Crippen MR) is 80.3 cm³/mol. The van der Waals surface area contributed by atoms with Crippen molar-refractivity contribution in [2.24, 2.45) is 5.41 Å². The monoisotopic (exact) mass is 287 g/mol. The number of aliphatic hydroxyl groups excluding tert-OH is 1. The normalized spacial score (nSPS) is 15.9. The minimum atomic E-state index is -0.375. The van der Waals surface area contributed by atoms with Crippen molar-refractivity contribution in [2.45, 2.75) is 19.3 Å². The predicted octanol–water partition coefficient (Wildman–Crippen LogP) is 2.72. The first kappa shape index (κ1) is 13.8. The Kier molecular flexibility index (Phi) is 3.47. The van der Waals surface area contributed by atoms with Crippen molar-refractivity contribution >= 4 is 22.1 Å². The second-order valence-electron chi connectivity index (χ2n) is 5.64. The summed E-state index contributed by atoms with van der Waals surface area (Å²) in [5.41, 5.74) is 1.13. The topological polar surface area (TPSA) is 88.3 Å². The van der Waals surface area contributed by atoms with Crippen molar-refractivity contribution in [1.82, 2.24) is 4.98 Å². The molecule has 0 saturated heterocycles. The average Bonchev–Trinajstić information content (AvgIpc) is 3.25. The molecule has 1 aromatic carbocycles. The number of fused-ring (bicyclic) bond motifs is 1. The van der Waals surface area contributed by atoms with Crippen LogP contribution in [0.25, 0.3) is 10.8 Å². The van der Waals surface area contributed by atoms with Crippen molar-refractivity contribution < 1.29 is 10.0 Å². The third kappa shape index (κ3) is 2.67. The van der Waals surface area contributed by atoms with Crippen LogP contribution in [0.3, 0.4) is 0 Å². The fraction of sp³-hybridized carbons (Fsp3) is 0.400. The third-order valence-corrected chi connectivity index (χ3v) is 4.24. The molecule has 6 heteroatoms. The molecule has 2 aromatic rings. The molecular formula is C15H17N3O3. The summed E-state index contributed by atoms with van der Waals surface area (Å²) in [6, 6.07) is 4.92. The lowest BCUT2D eigenvalue weighted by Crippen LogP contribution is -2.17. The molecule has 3 rings (SSSR count). The Bertz CT molecular complexity index is 683. The van der Waals surface area contributed by atoms with Crippen LogP contribution in [0.15, 0.2) is 30.6 Å². The van der Waals surface area contributed by atoms with Gasteiger partial charge in [0.1, 0.15) is 0 Å². The maximum atomic E-state index is 11.1. The van der Waals surface area contributed by atoms with Crippen LogP contribution in [0.2, 0.25) is 0 Å². The highest BCUT2D eigenvalue weighted by atomic mass is 16.6. The van der Waals surface area contributed by atoms with E-state index in [1.165, 1.54) is 6.07 Å². The van der Waals surface area contributed by atoms with Gasteiger partial charge >= 0.3 is 0 Å². The van der Waals surface area contributed by atoms with E-state index in [1.54, 1.807) is 24.5 Å². The van der Waals surface area contributed by atoms with Crippen LogP contribution >= 0.6 is 0 Å². The van der Waals surface area contributed by atoms with Gasteiger partial charge in [-0.25, -0.2) is 0 Å². The molecule has 1 aliphatic rings. The molecule has 0 bridgehead atoms. The number of aliphatic hydroxyl groups is 1. The van der Waals surface area contributed by atoms with E-state index in [2.05, 4.69) is 10.3 Å². The van der Waals surface area contributed by atoms with E-state index in [-0.39, 0.29) is 22.6 Å². The number of nitro benzene ring substituents is 1. The van der Waals surface area contributed by atoms with Crippen LogP contribution in [0.5, 0.6) is 0 Å². The van der Waals surface area contributed by atoms with Gasteiger partial charge in [0.2, 0.25) is 0 Å². The molecule has 6 nitrogen and oxygen atoms in total. The highest BCUT2D eigenvalue weighted by molar-refractivity contribution is 5.99. The second-order valence-corrected chi connectivity index (χ2v) is 5.64. The average molecular weight is 287 g/mol. The van der Waals surface area contributed by atoms with Gasteiger partial charge in [0, 0.05) is 42.7 Å². The molecular weight excluding hydrogens is 270 g/mol. The van der Waals surface area contributed by atoms with Crippen LogP contribution in [-0.2, 0) is 0 Å². The number of hydrogen-bond acceptors (Lipinski definition) is 5. The summed E-state index contributed by atoms with van der Waals surface area (Å²) in [5, 5.41) is 24.9. The Morgan fingerprint density at radius 3 is 2.81 bits per heavy atom. The molecule has 0 spiro atoms. The first-order valence-electron chi connectivity index (χ1n) is 7.01. The number of non-ortho nitro benzene ring substituents is 1. The van der Waals surface area contributed by atoms with E-state index >= 15 is 0 Å². The smallest absolute Gasteiger partial charge is 0.277 e. The summed E-state index contributed by atoms with van der Waals surface area (Å²) in [6.07, 6.45) is 6.24. The zero-order valence-corrected chi connectivity index (χ0v) is 11.6. The maximum absolute atomic E-state index is 11.1. The van der Waals surface area contributed by atoms with Gasteiger partial charge in [0.25, 0.3) is 5.69 Å². The van der Waals surface area contributed by atoms with Gasteiger partial charge in [-0.15, -0.1) is 0 Å². The Hall–Kier alpha value is -2.21. The minimum Gasteiger partial charge on any atom is -0.396 e. The van der Waals surface area contributed by atoms with Crippen LogP contribution in [-0.4, -0.2) is 28.2 Å². The molecule has 0 aliphatic heterocycles. The summed E-state index contributed by atoms with van der Waals surface area (Å²) in [4.78, 5) is 14.8. The molecule has 0 radical (unpaired) electrons. The summed E-state index contributed by atoms with van der Waals surface area (Å²) >= 11 is 0. The zero-order valence-electron chi connectivity index (χ0n) is 11.6. The fourth-order valence-corrected chi connectivity index (χ4v) is 2.70. The summed E-state index contributed by atoms with van der Waals surface area (Å²) in [5.74, 6) is 0. The van der Waals surface area contributed by atoms with Crippen molar-refractivity contribution in [2.75, 3.05) is 18.5 Å². The van der Waals surface area contributed by atoms with Gasteiger partial charge in [-0.2, -0.15) is 0 Å². The first-order valence-corrected chi connectivity index (χ1v) is 7.01. The summed E-state index contributed by atoms with van der Waals surface area (Å²) < 4.78 is 0. The number of aromatic nitrogens is 1. The molecule has 1 aromatic heterocycles. The van der Waals surface area contributed by atoms with Gasteiger partial charge < -0.3 is 10.4 Å². The van der Waals surface area contributed by atoms with E-state index in [9.17, 15) is 10.1 Å². The molecule has 110 valence electrons. The number of pyridine rings is 1. The van der Waals surface area contributed by atoms with E-state index in [1.807, 2.05) is 0 Å². The van der Waals surface area contributed by atoms with Crippen molar-refractivity contribution in [3.63, 3.8) is 0 Å².